The third-order valence-corrected chi connectivity index (χ3v) is 6.45. The Labute approximate surface area is 130 Å². The Hall–Kier alpha value is -0.700. The molecule has 1 aliphatic carbocycles. The molecule has 6 nitrogen and oxygen atoms in total. The first-order chi connectivity index (χ1) is 10.0. The summed E-state index contributed by atoms with van der Waals surface area (Å²) < 4.78 is 29.4. The van der Waals surface area contributed by atoms with E-state index in [4.69, 9.17) is 0 Å². The summed E-state index contributed by atoms with van der Waals surface area (Å²) in [6, 6.07) is 0.656. The molecule has 2 fully saturated rings. The molecule has 8 heteroatoms. The van der Waals surface area contributed by atoms with Crippen molar-refractivity contribution >= 4 is 26.7 Å². The molecule has 0 bridgehead atoms. The van der Waals surface area contributed by atoms with E-state index >= 15 is 0 Å². The molecule has 1 atom stereocenters. The largest absolute Gasteiger partial charge is 0.312 e. The summed E-state index contributed by atoms with van der Waals surface area (Å²) in [5.41, 5.74) is 0. The first-order valence-corrected chi connectivity index (χ1v) is 9.75. The van der Waals surface area contributed by atoms with Crippen molar-refractivity contribution in [3.63, 3.8) is 0 Å². The van der Waals surface area contributed by atoms with Gasteiger partial charge in [-0.05, 0) is 32.6 Å². The summed E-state index contributed by atoms with van der Waals surface area (Å²) in [5, 5.41) is 3.90. The number of piperidine rings is 1. The zero-order valence-corrected chi connectivity index (χ0v) is 13.8. The smallest absolute Gasteiger partial charge is 0.303 e. The summed E-state index contributed by atoms with van der Waals surface area (Å²) in [6.07, 6.45) is 7.08. The van der Waals surface area contributed by atoms with Crippen molar-refractivity contribution in [3.05, 3.63) is 11.1 Å². The first-order valence-electron chi connectivity index (χ1n) is 7.50. The van der Waals surface area contributed by atoms with Crippen molar-refractivity contribution in [2.45, 2.75) is 51.1 Å². The topological polar surface area (TPSA) is 74.3 Å². The summed E-state index contributed by atoms with van der Waals surface area (Å²) in [7, 11) is -3.51. The van der Waals surface area contributed by atoms with E-state index in [-0.39, 0.29) is 6.04 Å². The van der Waals surface area contributed by atoms with Crippen molar-refractivity contribution in [1.82, 2.24) is 14.6 Å². The molecule has 0 amide bonds. The van der Waals surface area contributed by atoms with E-state index in [2.05, 4.69) is 15.0 Å². The second-order valence-electron chi connectivity index (χ2n) is 5.83. The highest BCUT2D eigenvalue weighted by Gasteiger charge is 2.33. The summed E-state index contributed by atoms with van der Waals surface area (Å²) in [6.45, 7) is 3.26. The number of nitrogens with one attached hydrogen (secondary N) is 2. The second kappa shape index (κ2) is 6.20. The van der Waals surface area contributed by atoms with Crippen molar-refractivity contribution in [3.8, 4) is 0 Å². The SMILES string of the molecule is Cc1cnc(NS(=O)(=O)N2CCCCC2CNC2CC2)s1. The number of anilines is 1. The lowest BCUT2D eigenvalue weighted by Crippen LogP contribution is -2.50. The Morgan fingerprint density at radius 3 is 2.86 bits per heavy atom. The van der Waals surface area contributed by atoms with Crippen LogP contribution >= 0.6 is 11.3 Å². The molecule has 1 unspecified atom stereocenters. The molecule has 0 aromatic carbocycles. The minimum atomic E-state index is -3.51. The van der Waals surface area contributed by atoms with Crippen LogP contribution in [0.3, 0.4) is 0 Å². The van der Waals surface area contributed by atoms with Crippen LogP contribution in [0.25, 0.3) is 0 Å². The Kier molecular flexibility index (Phi) is 4.49. The Balaban J connectivity index is 1.67. The fourth-order valence-corrected chi connectivity index (χ4v) is 4.99. The summed E-state index contributed by atoms with van der Waals surface area (Å²) in [4.78, 5) is 5.09. The zero-order valence-electron chi connectivity index (χ0n) is 12.2. The molecule has 1 aromatic rings. The van der Waals surface area contributed by atoms with E-state index < -0.39 is 10.2 Å². The average molecular weight is 330 g/mol. The van der Waals surface area contributed by atoms with E-state index in [0.717, 1.165) is 30.7 Å². The highest BCUT2D eigenvalue weighted by Crippen LogP contribution is 2.25. The molecular formula is C13H22N4O2S2. The van der Waals surface area contributed by atoms with Gasteiger partial charge in [-0.25, -0.2) is 9.71 Å². The molecule has 2 heterocycles. The van der Waals surface area contributed by atoms with Gasteiger partial charge < -0.3 is 5.32 Å². The normalized spacial score (nSPS) is 24.1. The van der Waals surface area contributed by atoms with Crippen LogP contribution in [0.4, 0.5) is 5.13 Å². The van der Waals surface area contributed by atoms with Crippen LogP contribution in [0.15, 0.2) is 6.20 Å². The number of hydrogen-bond acceptors (Lipinski definition) is 5. The maximum absolute atomic E-state index is 12.6. The van der Waals surface area contributed by atoms with Crippen molar-refractivity contribution in [2.75, 3.05) is 17.8 Å². The Morgan fingerprint density at radius 2 is 2.19 bits per heavy atom. The van der Waals surface area contributed by atoms with Gasteiger partial charge in [0.15, 0.2) is 5.13 Å². The van der Waals surface area contributed by atoms with Gasteiger partial charge in [0.05, 0.1) is 0 Å². The van der Waals surface area contributed by atoms with E-state index in [1.54, 1.807) is 10.5 Å². The Morgan fingerprint density at radius 1 is 1.38 bits per heavy atom. The third kappa shape index (κ3) is 3.94. The molecular weight excluding hydrogens is 308 g/mol. The number of rotatable bonds is 6. The van der Waals surface area contributed by atoms with Gasteiger partial charge in [0.25, 0.3) is 0 Å². The van der Waals surface area contributed by atoms with Crippen LogP contribution in [0.5, 0.6) is 0 Å². The van der Waals surface area contributed by atoms with Gasteiger partial charge >= 0.3 is 10.2 Å². The third-order valence-electron chi connectivity index (χ3n) is 3.94. The van der Waals surface area contributed by atoms with E-state index in [9.17, 15) is 8.42 Å². The fourth-order valence-electron chi connectivity index (χ4n) is 2.66. The molecule has 2 aliphatic rings. The van der Waals surface area contributed by atoms with Crippen molar-refractivity contribution in [2.24, 2.45) is 0 Å². The summed E-state index contributed by atoms with van der Waals surface area (Å²) in [5.74, 6) is 0. The van der Waals surface area contributed by atoms with Crippen LogP contribution in [0.2, 0.25) is 0 Å². The van der Waals surface area contributed by atoms with E-state index in [1.807, 2.05) is 6.92 Å². The Bertz CT molecular complexity index is 583. The zero-order chi connectivity index (χ0) is 14.9. The molecule has 2 N–H and O–H groups in total. The van der Waals surface area contributed by atoms with Crippen molar-refractivity contribution < 1.29 is 8.42 Å². The second-order valence-corrected chi connectivity index (χ2v) is 8.68. The average Bonchev–Trinajstić information content (AvgIpc) is 3.19. The van der Waals surface area contributed by atoms with Gasteiger partial charge in [0.2, 0.25) is 0 Å². The predicted octanol–water partition coefficient (Wildman–Crippen LogP) is 1.71. The van der Waals surface area contributed by atoms with Crippen LogP contribution in [0, 0.1) is 6.92 Å². The van der Waals surface area contributed by atoms with Gasteiger partial charge in [-0.3, -0.25) is 0 Å². The highest BCUT2D eigenvalue weighted by atomic mass is 32.2. The molecule has 0 spiro atoms. The van der Waals surface area contributed by atoms with Crippen LogP contribution in [-0.4, -0.2) is 42.9 Å². The number of aromatic nitrogens is 1. The van der Waals surface area contributed by atoms with E-state index in [1.165, 1.54) is 24.2 Å². The first kappa shape index (κ1) is 15.2. The van der Waals surface area contributed by atoms with Crippen LogP contribution < -0.4 is 10.0 Å². The van der Waals surface area contributed by atoms with Gasteiger partial charge in [0.1, 0.15) is 0 Å². The number of hydrogen-bond donors (Lipinski definition) is 2. The molecule has 1 aliphatic heterocycles. The standard InChI is InChI=1S/C13H22N4O2S2/c1-10-8-15-13(20-10)16-21(18,19)17-7-3-2-4-12(17)9-14-11-5-6-11/h8,11-12,14H,2-7,9H2,1H3,(H,15,16). The molecule has 118 valence electrons. The van der Waals surface area contributed by atoms with Crippen molar-refractivity contribution in [1.29, 1.82) is 0 Å². The molecule has 0 radical (unpaired) electrons. The number of thiazole rings is 1. The minimum absolute atomic E-state index is 0.0536. The van der Waals surface area contributed by atoms with Crippen LogP contribution in [0.1, 0.15) is 37.0 Å². The summed E-state index contributed by atoms with van der Waals surface area (Å²) >= 11 is 1.36. The van der Waals surface area contributed by atoms with Gasteiger partial charge in [-0.2, -0.15) is 12.7 Å². The quantitative estimate of drug-likeness (QED) is 0.833. The monoisotopic (exact) mass is 330 g/mol. The lowest BCUT2D eigenvalue weighted by atomic mass is 10.1. The van der Waals surface area contributed by atoms with E-state index in [0.29, 0.717) is 17.7 Å². The number of nitrogens with zero attached hydrogens (tertiary/aromatic N) is 2. The van der Waals surface area contributed by atoms with Gasteiger partial charge in [-0.1, -0.05) is 6.42 Å². The molecule has 21 heavy (non-hydrogen) atoms. The maximum Gasteiger partial charge on any atom is 0.303 e. The maximum atomic E-state index is 12.6. The minimum Gasteiger partial charge on any atom is -0.312 e. The highest BCUT2D eigenvalue weighted by molar-refractivity contribution is 7.90. The van der Waals surface area contributed by atoms with Gasteiger partial charge in [-0.15, -0.1) is 11.3 Å². The molecule has 1 saturated carbocycles. The fraction of sp³-hybridized carbons (Fsp3) is 0.769. The van der Waals surface area contributed by atoms with Gasteiger partial charge in [0, 0.05) is 36.2 Å². The molecule has 1 aromatic heterocycles. The molecule has 3 rings (SSSR count). The lowest BCUT2D eigenvalue weighted by molar-refractivity contribution is 0.246. The predicted molar refractivity (Wildman–Crippen MR) is 84.8 cm³/mol. The lowest BCUT2D eigenvalue weighted by Gasteiger charge is -2.34. The molecule has 1 saturated heterocycles. The van der Waals surface area contributed by atoms with Crippen LogP contribution in [-0.2, 0) is 10.2 Å². The number of aryl methyl sites for hydroxylation is 1.